The molecule has 113 heavy (non-hydrogen) atoms. The molecule has 570 valence electrons. The maximum atomic E-state index is 14.7. The zero-order valence-electron chi connectivity index (χ0n) is 60.6. The van der Waals surface area contributed by atoms with Gasteiger partial charge in [0.25, 0.3) is 0 Å². The highest BCUT2D eigenvalue weighted by atomic mass is 35.5. The second kappa shape index (κ2) is 28.2. The average molecular weight is 1580 g/mol. The molecule has 26 nitrogen and oxygen atoms in total. The van der Waals surface area contributed by atoms with E-state index in [2.05, 4.69) is 80.2 Å². The highest BCUT2D eigenvalue weighted by Gasteiger charge is 2.68. The van der Waals surface area contributed by atoms with Gasteiger partial charge in [-0.25, -0.2) is 43.1 Å². The lowest BCUT2D eigenvalue weighted by atomic mass is 9.91. The van der Waals surface area contributed by atoms with Crippen LogP contribution in [0.3, 0.4) is 0 Å². The Morgan fingerprint density at radius 1 is 0.478 bits per heavy atom. The van der Waals surface area contributed by atoms with Gasteiger partial charge in [-0.1, -0.05) is 131 Å². The molecule has 9 aromatic heterocycles. The van der Waals surface area contributed by atoms with Gasteiger partial charge < -0.3 is 37.0 Å². The van der Waals surface area contributed by atoms with Crippen molar-refractivity contribution in [2.24, 2.45) is 59.8 Å². The van der Waals surface area contributed by atoms with Gasteiger partial charge in [-0.2, -0.15) is 30.5 Å². The van der Waals surface area contributed by atoms with E-state index in [9.17, 15) is 18.3 Å². The summed E-state index contributed by atoms with van der Waals surface area (Å²) in [4.78, 5) is 39.0. The Kier molecular flexibility index (Phi) is 17.8. The van der Waals surface area contributed by atoms with Crippen LogP contribution in [0.25, 0.3) is 101 Å². The summed E-state index contributed by atoms with van der Waals surface area (Å²) in [5, 5.41) is 48.2. The normalized spacial score (nSPS) is 22.7. The fourth-order valence-electron chi connectivity index (χ4n) is 18.8. The van der Waals surface area contributed by atoms with Crippen molar-refractivity contribution in [2.75, 3.05) is 73.6 Å². The first-order valence-electron chi connectivity index (χ1n) is 37.2. The van der Waals surface area contributed by atoms with Crippen LogP contribution in [0.15, 0.2) is 175 Å². The number of halogens is 6. The quantitative estimate of drug-likeness (QED) is 0.0472. The zero-order chi connectivity index (χ0) is 77.2. The van der Waals surface area contributed by atoms with E-state index in [1.165, 1.54) is 18.2 Å². The Hall–Kier alpha value is -11.7. The molecule has 15 aromatic rings. The Morgan fingerprint density at radius 3 is 1.24 bits per heavy atom. The van der Waals surface area contributed by atoms with Crippen molar-refractivity contribution in [2.45, 2.75) is 35.5 Å². The smallest absolute Gasteiger partial charge is 0.415 e. The summed E-state index contributed by atoms with van der Waals surface area (Å²) in [6.45, 7) is 5.97. The Morgan fingerprint density at radius 2 is 0.876 bits per heavy atom. The molecular weight excluding hydrogens is 1500 g/mol. The lowest BCUT2D eigenvalue weighted by molar-refractivity contribution is 0.267. The molecule has 0 amide bonds. The molecular formula is C81H72Cl3F3N24O2. The molecule has 21 rings (SSSR count). The Bertz CT molecular complexity index is 5910. The molecule has 12 heterocycles. The van der Waals surface area contributed by atoms with Crippen molar-refractivity contribution in [3.05, 3.63) is 220 Å². The minimum atomic E-state index is -0.517. The van der Waals surface area contributed by atoms with Gasteiger partial charge in [0.05, 0.1) is 45.5 Å². The predicted molar refractivity (Wildman–Crippen MR) is 424 cm³/mol. The molecule has 3 saturated carbocycles. The summed E-state index contributed by atoms with van der Waals surface area (Å²) >= 11 is 19.9. The van der Waals surface area contributed by atoms with Crippen LogP contribution >= 0.6 is 34.8 Å². The van der Waals surface area contributed by atoms with Crippen LogP contribution in [0.5, 0.6) is 6.08 Å². The number of nitrogens with one attached hydrogen (secondary N) is 4. The van der Waals surface area contributed by atoms with Crippen LogP contribution in [0.4, 0.5) is 30.6 Å². The third kappa shape index (κ3) is 12.1. The molecule has 6 aromatic carbocycles. The van der Waals surface area contributed by atoms with Gasteiger partial charge in [0.15, 0.2) is 16.9 Å². The van der Waals surface area contributed by atoms with E-state index in [0.29, 0.717) is 114 Å². The number of hydrogen-bond donors (Lipinski definition) is 8. The van der Waals surface area contributed by atoms with Crippen molar-refractivity contribution in [3.8, 4) is 73.6 Å². The molecule has 32 heteroatoms. The lowest BCUT2D eigenvalue weighted by Crippen LogP contribution is -2.32. The van der Waals surface area contributed by atoms with Gasteiger partial charge in [0.1, 0.15) is 68.5 Å². The number of anilines is 3. The number of hydrogen-bond acceptors (Lipinski definition) is 21. The number of piperidine rings is 3. The number of benzene rings is 6. The van der Waals surface area contributed by atoms with Crippen molar-refractivity contribution >= 4 is 85.7 Å². The molecule has 0 unspecified atom stereocenters. The summed E-state index contributed by atoms with van der Waals surface area (Å²) < 4.78 is 50.5. The Labute approximate surface area is 657 Å². The highest BCUT2D eigenvalue weighted by Crippen LogP contribution is 2.66. The first kappa shape index (κ1) is 71.6. The number of aromatic amines is 4. The first-order valence-corrected chi connectivity index (χ1v) is 38.4. The number of fused-ring (bicyclic) bond motifs is 6. The molecule has 9 atom stereocenters. The van der Waals surface area contributed by atoms with Gasteiger partial charge >= 0.3 is 6.08 Å². The fourth-order valence-corrected chi connectivity index (χ4v) is 19.6. The molecule has 6 fully saturated rings. The Balaban J connectivity index is 0.000000114. The SMILES string of the molecule is Cn1cc(-c2ccc(-c3n[nH]c4nc(N5CC[C@@H]6[C@H](C5)[C@@]6(CN)c5ccccc5F)cnc34)c(Cl)c2)cn1.NC[C@]1(c2ccccc2F)[C@@H]2CCN(c3cnc4c(-c5ccc(-c6ccn[nH]6)cc5Cl)n[nH]c4n3)C[C@@H]21.NC[C@]1(c2ccccc2F)[C@@H]2CCN(c3cnc4c(-c5ccc(-c6noc(O)n6)cc5Cl)n[nH]c4n3)C[C@@H]21. The van der Waals surface area contributed by atoms with Crippen molar-refractivity contribution in [3.63, 3.8) is 0 Å². The van der Waals surface area contributed by atoms with Gasteiger partial charge in [0.2, 0.25) is 5.82 Å². The van der Waals surface area contributed by atoms with E-state index in [1.807, 2.05) is 92.1 Å². The number of aromatic nitrogens is 18. The van der Waals surface area contributed by atoms with Gasteiger partial charge in [-0.3, -0.25) is 29.6 Å². The molecule has 3 aliphatic carbocycles. The summed E-state index contributed by atoms with van der Waals surface area (Å²) in [6.07, 6.45) is 13.0. The van der Waals surface area contributed by atoms with Crippen LogP contribution in [-0.4, -0.2) is 155 Å². The van der Waals surface area contributed by atoms with E-state index in [1.54, 1.807) is 72.1 Å². The summed E-state index contributed by atoms with van der Waals surface area (Å²) in [6, 6.07) is 39.8. The van der Waals surface area contributed by atoms with Crippen LogP contribution in [0, 0.1) is 53.0 Å². The van der Waals surface area contributed by atoms with Crippen LogP contribution in [0.2, 0.25) is 15.1 Å². The second-order valence-corrected chi connectivity index (χ2v) is 31.1. The van der Waals surface area contributed by atoms with Crippen LogP contribution in [-0.2, 0) is 23.3 Å². The van der Waals surface area contributed by atoms with E-state index in [-0.39, 0.29) is 57.3 Å². The van der Waals surface area contributed by atoms with E-state index < -0.39 is 6.08 Å². The summed E-state index contributed by atoms with van der Waals surface area (Å²) in [7, 11) is 1.88. The van der Waals surface area contributed by atoms with Gasteiger partial charge in [-0.05, 0) is 119 Å². The van der Waals surface area contributed by atoms with Crippen molar-refractivity contribution in [1.29, 1.82) is 0 Å². The first-order chi connectivity index (χ1) is 55.1. The number of H-pyrrole nitrogens is 4. The number of aromatic hydroxyl groups is 1. The van der Waals surface area contributed by atoms with Gasteiger partial charge in [-0.15, -0.1) is 0 Å². The number of aryl methyl sites for hydroxylation is 1. The molecule has 0 spiro atoms. The highest BCUT2D eigenvalue weighted by molar-refractivity contribution is 6.35. The number of nitrogens with two attached hydrogens (primary N) is 3. The standard InChI is InChI=1S/C28H26ClFN8.C27H24ClFN8.C26H22ClFN8O2/c1-37-13-17(11-33-37)16-6-7-18(22(29)10-16)25-26-27(36-35-25)34-24(12-32-26)38-9-8-19-21(14-38)28(19,15-31)20-4-2-3-5-23(20)30;28-20-11-15(22-7-9-32-34-22)5-6-16(20)24-25-26(36-35-24)33-23(12-31-25)37-10-8-17-19(13-37)27(17,14-30)18-3-1-2-4-21(18)29;27-18-9-13(23-32-25(37)38-35-23)5-6-14(18)21-22-24(34-33-21)31-20(10-30-22)36-8-7-15-17(11-36)26(15,12-29)16-3-1-2-4-19(16)28/h2-7,10-13,19,21H,8-9,14-15,31H2,1H3,(H,34,35,36);1-7,9,11-12,17,19H,8,10,13-14,30H2,(H,32,34)(H,33,35,36);1-6,9-10,15,17H,7-8,11-12,29H2,(H,31,33,34)(H,32,35,37)/t19-,21+,28-;17-,19+,27-;15-,17+,26-/m111/s1. The largest absolute Gasteiger partial charge is 0.464 e. The number of rotatable bonds is 15. The molecule has 3 saturated heterocycles. The van der Waals surface area contributed by atoms with Gasteiger partial charge in [0, 0.05) is 128 Å². The molecule has 11 N–H and O–H groups in total. The van der Waals surface area contributed by atoms with Crippen LogP contribution < -0.4 is 31.9 Å². The van der Waals surface area contributed by atoms with E-state index in [4.69, 9.17) is 76.9 Å². The summed E-state index contributed by atoms with van der Waals surface area (Å²) in [5.74, 6) is 3.92. The maximum Gasteiger partial charge on any atom is 0.415 e. The zero-order valence-corrected chi connectivity index (χ0v) is 62.8. The summed E-state index contributed by atoms with van der Waals surface area (Å²) in [5.41, 5.74) is 32.1. The minimum absolute atomic E-state index is 0.169. The molecule has 0 radical (unpaired) electrons. The van der Waals surface area contributed by atoms with Crippen molar-refractivity contribution in [1.82, 2.24) is 90.6 Å². The predicted octanol–water partition coefficient (Wildman–Crippen LogP) is 13.0. The third-order valence-electron chi connectivity index (χ3n) is 24.6. The molecule has 0 bridgehead atoms. The monoisotopic (exact) mass is 1570 g/mol. The average Bonchev–Trinajstić information content (AvgIpc) is 1.54. The third-order valence-corrected chi connectivity index (χ3v) is 25.5. The van der Waals surface area contributed by atoms with Crippen molar-refractivity contribution < 1.29 is 22.8 Å². The van der Waals surface area contributed by atoms with E-state index in [0.717, 1.165) is 126 Å². The van der Waals surface area contributed by atoms with E-state index >= 15 is 0 Å². The lowest BCUT2D eigenvalue weighted by Gasteiger charge is -2.26. The maximum absolute atomic E-state index is 14.7. The second-order valence-electron chi connectivity index (χ2n) is 29.9. The molecule has 3 aliphatic heterocycles. The molecule has 6 aliphatic rings. The fraction of sp³-hybridized carbons (Fsp3) is 0.272. The minimum Gasteiger partial charge on any atom is -0.464 e. The van der Waals surface area contributed by atoms with Crippen LogP contribution in [0.1, 0.15) is 36.0 Å². The number of nitrogens with zero attached hydrogens (tertiary/aromatic N) is 17. The topological polar surface area (TPSA) is 357 Å².